The fourth-order valence-corrected chi connectivity index (χ4v) is 2.34. The molecular weight excluding hydrogens is 430 g/mol. The van der Waals surface area contributed by atoms with Crippen molar-refractivity contribution < 1.29 is 38.7 Å². The summed E-state index contributed by atoms with van der Waals surface area (Å²) in [5.41, 5.74) is 20.6. The lowest BCUT2D eigenvalue weighted by Gasteiger charge is -2.23. The van der Waals surface area contributed by atoms with E-state index in [1.807, 2.05) is 5.32 Å². The Labute approximate surface area is 183 Å². The standard InChI is InChI=1S/C17H29N7O8/c1-7(22-15(29)8(18)2-4-11(19)25)14(28)23-9(3-5-12(20)26)16(30)24-10(17(31)32)6-13(21)27/h7-10H,2-6,18H2,1H3,(H2,19,25)(H2,20,26)(H2,21,27)(H,22,29)(H,23,28)(H,24,30)(H,31,32)/t7-,8-,9-,10-/m0/s1. The number of nitrogens with one attached hydrogen (secondary N) is 3. The Bertz CT molecular complexity index is 757. The van der Waals surface area contributed by atoms with E-state index in [0.717, 1.165) is 0 Å². The molecule has 0 aromatic carbocycles. The lowest BCUT2D eigenvalue weighted by atomic mass is 10.1. The third kappa shape index (κ3) is 11.4. The lowest BCUT2D eigenvalue weighted by molar-refractivity contribution is -0.144. The van der Waals surface area contributed by atoms with E-state index in [0.29, 0.717) is 0 Å². The van der Waals surface area contributed by atoms with Crippen LogP contribution in [-0.2, 0) is 33.6 Å². The maximum Gasteiger partial charge on any atom is 0.326 e. The van der Waals surface area contributed by atoms with Crippen LogP contribution in [0.3, 0.4) is 0 Å². The summed E-state index contributed by atoms with van der Waals surface area (Å²) < 4.78 is 0. The van der Waals surface area contributed by atoms with Gasteiger partial charge in [-0.15, -0.1) is 0 Å². The molecule has 0 aromatic heterocycles. The first kappa shape index (κ1) is 28.2. The highest BCUT2D eigenvalue weighted by Crippen LogP contribution is 2.02. The van der Waals surface area contributed by atoms with Gasteiger partial charge in [-0.2, -0.15) is 0 Å². The Morgan fingerprint density at radius 3 is 1.69 bits per heavy atom. The monoisotopic (exact) mass is 459 g/mol. The van der Waals surface area contributed by atoms with Gasteiger partial charge in [-0.25, -0.2) is 4.79 Å². The minimum Gasteiger partial charge on any atom is -0.480 e. The first-order chi connectivity index (χ1) is 14.7. The summed E-state index contributed by atoms with van der Waals surface area (Å²) in [4.78, 5) is 80.9. The van der Waals surface area contributed by atoms with Crippen LogP contribution >= 0.6 is 0 Å². The van der Waals surface area contributed by atoms with Crippen molar-refractivity contribution in [3.63, 3.8) is 0 Å². The SMILES string of the molecule is C[C@H](NC(=O)[C@@H](N)CCC(N)=O)C(=O)N[C@@H](CCC(N)=O)C(=O)N[C@@H](CC(N)=O)C(=O)O. The van der Waals surface area contributed by atoms with Crippen LogP contribution in [0.15, 0.2) is 0 Å². The van der Waals surface area contributed by atoms with E-state index in [9.17, 15) is 33.6 Å². The molecule has 4 atom stereocenters. The van der Waals surface area contributed by atoms with Crippen LogP contribution in [0.4, 0.5) is 0 Å². The average molecular weight is 459 g/mol. The molecular formula is C17H29N7O8. The number of hydrogen-bond acceptors (Lipinski definition) is 8. The van der Waals surface area contributed by atoms with E-state index in [4.69, 9.17) is 28.0 Å². The summed E-state index contributed by atoms with van der Waals surface area (Å²) in [6.07, 6.45) is -1.50. The second kappa shape index (κ2) is 13.5. The largest absolute Gasteiger partial charge is 0.480 e. The molecule has 180 valence electrons. The molecule has 0 saturated heterocycles. The van der Waals surface area contributed by atoms with Gasteiger partial charge in [0.2, 0.25) is 35.4 Å². The van der Waals surface area contributed by atoms with Crippen molar-refractivity contribution >= 4 is 41.4 Å². The number of nitrogens with two attached hydrogens (primary N) is 4. The van der Waals surface area contributed by atoms with Gasteiger partial charge in [0, 0.05) is 12.8 Å². The average Bonchev–Trinajstić information content (AvgIpc) is 2.67. The first-order valence-electron chi connectivity index (χ1n) is 9.49. The number of amides is 6. The molecule has 32 heavy (non-hydrogen) atoms. The van der Waals surface area contributed by atoms with E-state index in [1.54, 1.807) is 0 Å². The van der Waals surface area contributed by atoms with E-state index in [-0.39, 0.29) is 25.7 Å². The first-order valence-corrected chi connectivity index (χ1v) is 9.49. The topological polar surface area (TPSA) is 280 Å². The number of carboxylic acids is 1. The van der Waals surface area contributed by atoms with Gasteiger partial charge in [0.1, 0.15) is 18.1 Å². The van der Waals surface area contributed by atoms with Crippen LogP contribution in [0.1, 0.15) is 39.0 Å². The molecule has 0 saturated carbocycles. The number of rotatable bonds is 15. The van der Waals surface area contributed by atoms with E-state index >= 15 is 0 Å². The van der Waals surface area contributed by atoms with Crippen LogP contribution in [0.2, 0.25) is 0 Å². The number of carbonyl (C=O) groups is 7. The quantitative estimate of drug-likeness (QED) is 0.116. The van der Waals surface area contributed by atoms with Gasteiger partial charge in [-0.05, 0) is 19.8 Å². The van der Waals surface area contributed by atoms with Gasteiger partial charge in [-0.1, -0.05) is 0 Å². The second-order valence-corrected chi connectivity index (χ2v) is 6.98. The Kier molecular flexibility index (Phi) is 11.9. The summed E-state index contributed by atoms with van der Waals surface area (Å²) >= 11 is 0. The third-order valence-electron chi connectivity index (χ3n) is 4.12. The highest BCUT2D eigenvalue weighted by Gasteiger charge is 2.29. The summed E-state index contributed by atoms with van der Waals surface area (Å²) in [5, 5.41) is 15.7. The van der Waals surface area contributed by atoms with Crippen LogP contribution in [0, 0.1) is 0 Å². The second-order valence-electron chi connectivity index (χ2n) is 6.98. The van der Waals surface area contributed by atoms with Crippen molar-refractivity contribution in [2.24, 2.45) is 22.9 Å². The van der Waals surface area contributed by atoms with Crippen LogP contribution in [0.25, 0.3) is 0 Å². The van der Waals surface area contributed by atoms with Crippen LogP contribution < -0.4 is 38.9 Å². The lowest BCUT2D eigenvalue weighted by Crippen LogP contribution is -2.56. The molecule has 0 aromatic rings. The summed E-state index contributed by atoms with van der Waals surface area (Å²) in [6.45, 7) is 1.28. The minimum atomic E-state index is -1.66. The summed E-state index contributed by atoms with van der Waals surface area (Å²) in [7, 11) is 0. The Morgan fingerprint density at radius 2 is 1.22 bits per heavy atom. The minimum absolute atomic E-state index is 0.0460. The smallest absolute Gasteiger partial charge is 0.326 e. The Balaban J connectivity index is 5.16. The molecule has 0 spiro atoms. The van der Waals surface area contributed by atoms with Crippen molar-refractivity contribution in [1.29, 1.82) is 0 Å². The molecule has 15 nitrogen and oxygen atoms in total. The maximum atomic E-state index is 12.4. The zero-order chi connectivity index (χ0) is 25.0. The van der Waals surface area contributed by atoms with E-state index in [1.165, 1.54) is 6.92 Å². The van der Waals surface area contributed by atoms with Crippen molar-refractivity contribution in [1.82, 2.24) is 16.0 Å². The van der Waals surface area contributed by atoms with E-state index < -0.39 is 72.0 Å². The van der Waals surface area contributed by atoms with Gasteiger partial charge in [0.15, 0.2) is 0 Å². The maximum absolute atomic E-state index is 12.4. The molecule has 0 unspecified atom stereocenters. The van der Waals surface area contributed by atoms with Crippen molar-refractivity contribution in [3.8, 4) is 0 Å². The zero-order valence-corrected chi connectivity index (χ0v) is 17.5. The molecule has 0 aliphatic rings. The number of primary amides is 3. The predicted octanol–water partition coefficient (Wildman–Crippen LogP) is -4.72. The Hall–Kier alpha value is -3.75. The number of carbonyl (C=O) groups excluding carboxylic acids is 6. The number of hydrogen-bond donors (Lipinski definition) is 8. The third-order valence-corrected chi connectivity index (χ3v) is 4.12. The number of carboxylic acid groups (broad SMARTS) is 1. The van der Waals surface area contributed by atoms with Crippen molar-refractivity contribution in [3.05, 3.63) is 0 Å². The van der Waals surface area contributed by atoms with Gasteiger partial charge >= 0.3 is 5.97 Å². The van der Waals surface area contributed by atoms with Crippen LogP contribution in [-0.4, -0.2) is 70.7 Å². The highest BCUT2D eigenvalue weighted by atomic mass is 16.4. The number of aliphatic carboxylic acids is 1. The summed E-state index contributed by atoms with van der Waals surface area (Å²) in [5.74, 6) is -6.58. The summed E-state index contributed by atoms with van der Waals surface area (Å²) in [6, 6.07) is -5.37. The molecule has 0 aliphatic heterocycles. The van der Waals surface area contributed by atoms with Crippen LogP contribution in [0.5, 0.6) is 0 Å². The van der Waals surface area contributed by atoms with Gasteiger partial charge in [0.25, 0.3) is 0 Å². The van der Waals surface area contributed by atoms with Crippen molar-refractivity contribution in [2.45, 2.75) is 63.2 Å². The van der Waals surface area contributed by atoms with Crippen molar-refractivity contribution in [2.75, 3.05) is 0 Å². The molecule has 0 rings (SSSR count). The van der Waals surface area contributed by atoms with Gasteiger partial charge in [-0.3, -0.25) is 28.8 Å². The molecule has 0 fully saturated rings. The predicted molar refractivity (Wildman–Crippen MR) is 108 cm³/mol. The molecule has 0 aliphatic carbocycles. The molecule has 12 N–H and O–H groups in total. The normalized spacial score (nSPS) is 14.2. The molecule has 15 heteroatoms. The van der Waals surface area contributed by atoms with Gasteiger partial charge < -0.3 is 44.0 Å². The zero-order valence-electron chi connectivity index (χ0n) is 17.5. The molecule has 0 bridgehead atoms. The fourth-order valence-electron chi connectivity index (χ4n) is 2.34. The molecule has 6 amide bonds. The van der Waals surface area contributed by atoms with E-state index in [2.05, 4.69) is 10.6 Å². The highest BCUT2D eigenvalue weighted by molar-refractivity contribution is 5.95. The molecule has 0 heterocycles. The Morgan fingerprint density at radius 1 is 0.719 bits per heavy atom. The fraction of sp³-hybridized carbons (Fsp3) is 0.588. The van der Waals surface area contributed by atoms with Gasteiger partial charge in [0.05, 0.1) is 12.5 Å². The molecule has 0 radical (unpaired) electrons.